The van der Waals surface area contributed by atoms with Gasteiger partial charge in [-0.05, 0) is 40.5 Å². The Kier molecular flexibility index (Phi) is 5.48. The lowest BCUT2D eigenvalue weighted by atomic mass is 10.1. The molecule has 25 heavy (non-hydrogen) atoms. The number of halogens is 1. The summed E-state index contributed by atoms with van der Waals surface area (Å²) in [4.78, 5) is 34.8. The minimum atomic E-state index is -0.579. The molecule has 1 atom stereocenters. The van der Waals surface area contributed by atoms with Crippen molar-refractivity contribution in [2.24, 2.45) is 0 Å². The van der Waals surface area contributed by atoms with Crippen LogP contribution >= 0.6 is 15.9 Å². The van der Waals surface area contributed by atoms with Crippen LogP contribution in [0.3, 0.4) is 0 Å². The van der Waals surface area contributed by atoms with E-state index >= 15 is 0 Å². The van der Waals surface area contributed by atoms with Gasteiger partial charge in [-0.25, -0.2) is 0 Å². The molecule has 0 spiro atoms. The number of carbonyl (C=O) groups is 1. The molecule has 0 aliphatic carbocycles. The predicted octanol–water partition coefficient (Wildman–Crippen LogP) is 4.10. The van der Waals surface area contributed by atoms with E-state index in [-0.39, 0.29) is 21.4 Å². The molecule has 1 amide bonds. The Morgan fingerprint density at radius 1 is 1.12 bits per heavy atom. The van der Waals surface area contributed by atoms with Gasteiger partial charge in [0, 0.05) is 30.8 Å². The molecule has 9 heteroatoms. The fourth-order valence-corrected chi connectivity index (χ4v) is 2.68. The molecular formula is C16H14BrN3O5. The highest BCUT2D eigenvalue weighted by molar-refractivity contribution is 9.10. The van der Waals surface area contributed by atoms with Crippen LogP contribution in [-0.2, 0) is 0 Å². The van der Waals surface area contributed by atoms with E-state index in [1.807, 2.05) is 0 Å². The normalized spacial score (nSPS) is 11.6. The average molecular weight is 408 g/mol. The molecule has 0 bridgehead atoms. The number of carbonyl (C=O) groups excluding carboxylic acids is 1. The molecule has 2 aromatic rings. The van der Waals surface area contributed by atoms with E-state index in [1.165, 1.54) is 35.2 Å². The molecule has 0 N–H and O–H groups in total. The molecule has 0 aromatic heterocycles. The van der Waals surface area contributed by atoms with Crippen LogP contribution in [0.15, 0.2) is 46.9 Å². The number of amides is 1. The van der Waals surface area contributed by atoms with Crippen molar-refractivity contribution < 1.29 is 14.6 Å². The first-order valence-electron chi connectivity index (χ1n) is 7.18. The molecule has 130 valence electrons. The van der Waals surface area contributed by atoms with Crippen LogP contribution in [0, 0.1) is 20.2 Å². The molecule has 0 saturated heterocycles. The Hall–Kier alpha value is -2.81. The summed E-state index contributed by atoms with van der Waals surface area (Å²) in [6.45, 7) is 1.73. The molecule has 0 aliphatic heterocycles. The average Bonchev–Trinajstić information content (AvgIpc) is 2.60. The zero-order chi connectivity index (χ0) is 18.7. The summed E-state index contributed by atoms with van der Waals surface area (Å²) >= 11 is 3.07. The zero-order valence-corrected chi connectivity index (χ0v) is 15.0. The standard InChI is InChI=1S/C16H14BrN3O5/c1-10(11-4-3-5-13(8-11)19(22)23)18(2)16(21)12-6-7-14(17)15(9-12)20(24)25/h3-10H,1-2H3/t10-/m0/s1. The van der Waals surface area contributed by atoms with Gasteiger partial charge in [0.05, 0.1) is 20.4 Å². The van der Waals surface area contributed by atoms with E-state index < -0.39 is 21.8 Å². The van der Waals surface area contributed by atoms with Gasteiger partial charge in [0.2, 0.25) is 0 Å². The second kappa shape index (κ2) is 7.39. The van der Waals surface area contributed by atoms with Gasteiger partial charge >= 0.3 is 0 Å². The Morgan fingerprint density at radius 3 is 2.40 bits per heavy atom. The van der Waals surface area contributed by atoms with Gasteiger partial charge in [0.25, 0.3) is 17.3 Å². The first-order chi connectivity index (χ1) is 11.7. The second-order valence-corrected chi connectivity index (χ2v) is 6.22. The van der Waals surface area contributed by atoms with Crippen molar-refractivity contribution in [2.75, 3.05) is 7.05 Å². The van der Waals surface area contributed by atoms with Crippen molar-refractivity contribution in [3.8, 4) is 0 Å². The fraction of sp³-hybridized carbons (Fsp3) is 0.188. The van der Waals surface area contributed by atoms with Crippen LogP contribution in [0.2, 0.25) is 0 Å². The highest BCUT2D eigenvalue weighted by Crippen LogP contribution is 2.28. The van der Waals surface area contributed by atoms with Crippen LogP contribution in [-0.4, -0.2) is 27.7 Å². The van der Waals surface area contributed by atoms with Crippen LogP contribution in [0.5, 0.6) is 0 Å². The summed E-state index contributed by atoms with van der Waals surface area (Å²) in [5.74, 6) is -0.422. The van der Waals surface area contributed by atoms with Crippen LogP contribution < -0.4 is 0 Å². The number of nitro groups is 2. The second-order valence-electron chi connectivity index (χ2n) is 5.37. The topological polar surface area (TPSA) is 107 Å². The van der Waals surface area contributed by atoms with Crippen LogP contribution in [0.1, 0.15) is 28.9 Å². The highest BCUT2D eigenvalue weighted by atomic mass is 79.9. The molecule has 2 aromatic carbocycles. The zero-order valence-electron chi connectivity index (χ0n) is 13.4. The summed E-state index contributed by atoms with van der Waals surface area (Å²) < 4.78 is 0.281. The third kappa shape index (κ3) is 4.00. The summed E-state index contributed by atoms with van der Waals surface area (Å²) in [6, 6.07) is 9.68. The molecule has 0 heterocycles. The maximum Gasteiger partial charge on any atom is 0.284 e. The Morgan fingerprint density at radius 2 is 1.80 bits per heavy atom. The van der Waals surface area contributed by atoms with Gasteiger partial charge in [-0.1, -0.05) is 12.1 Å². The van der Waals surface area contributed by atoms with E-state index in [2.05, 4.69) is 15.9 Å². The van der Waals surface area contributed by atoms with E-state index in [1.54, 1.807) is 26.1 Å². The van der Waals surface area contributed by atoms with Crippen LogP contribution in [0.4, 0.5) is 11.4 Å². The smallest absolute Gasteiger partial charge is 0.284 e. The van der Waals surface area contributed by atoms with Crippen molar-refractivity contribution in [3.63, 3.8) is 0 Å². The molecule has 0 radical (unpaired) electrons. The SMILES string of the molecule is C[C@@H](c1cccc([N+](=O)[O-])c1)N(C)C(=O)c1ccc(Br)c([N+](=O)[O-])c1. The van der Waals surface area contributed by atoms with E-state index in [9.17, 15) is 25.0 Å². The van der Waals surface area contributed by atoms with Gasteiger partial charge < -0.3 is 4.90 Å². The van der Waals surface area contributed by atoms with Crippen LogP contribution in [0.25, 0.3) is 0 Å². The quantitative estimate of drug-likeness (QED) is 0.547. The van der Waals surface area contributed by atoms with Crippen molar-refractivity contribution in [1.82, 2.24) is 4.90 Å². The number of hydrogen-bond acceptors (Lipinski definition) is 5. The van der Waals surface area contributed by atoms with Crippen molar-refractivity contribution in [2.45, 2.75) is 13.0 Å². The Balaban J connectivity index is 2.30. The molecule has 8 nitrogen and oxygen atoms in total. The Labute approximate surface area is 151 Å². The third-order valence-electron chi connectivity index (χ3n) is 3.85. The van der Waals surface area contributed by atoms with Gasteiger partial charge in [0.15, 0.2) is 0 Å². The first-order valence-corrected chi connectivity index (χ1v) is 7.97. The number of nitro benzene ring substituents is 2. The van der Waals surface area contributed by atoms with Crippen molar-refractivity contribution in [1.29, 1.82) is 0 Å². The molecule has 0 aliphatic rings. The lowest BCUT2D eigenvalue weighted by molar-refractivity contribution is -0.385. The maximum atomic E-state index is 12.6. The van der Waals surface area contributed by atoms with Crippen molar-refractivity contribution >= 4 is 33.2 Å². The molecule has 0 fully saturated rings. The number of non-ortho nitro benzene ring substituents is 1. The maximum absolute atomic E-state index is 12.6. The summed E-state index contributed by atoms with van der Waals surface area (Å²) in [5, 5.41) is 21.9. The molecule has 2 rings (SSSR count). The van der Waals surface area contributed by atoms with Gasteiger partial charge in [0.1, 0.15) is 0 Å². The predicted molar refractivity (Wildman–Crippen MR) is 94.4 cm³/mol. The lowest BCUT2D eigenvalue weighted by Gasteiger charge is -2.25. The monoisotopic (exact) mass is 407 g/mol. The first kappa shape index (κ1) is 18.5. The van der Waals surface area contributed by atoms with Crippen molar-refractivity contribution in [3.05, 3.63) is 78.3 Å². The van der Waals surface area contributed by atoms with E-state index in [0.29, 0.717) is 5.56 Å². The largest absolute Gasteiger partial charge is 0.335 e. The van der Waals surface area contributed by atoms with Gasteiger partial charge in [-0.2, -0.15) is 0 Å². The minimum absolute atomic E-state index is 0.0653. The van der Waals surface area contributed by atoms with Gasteiger partial charge in [-0.15, -0.1) is 0 Å². The highest BCUT2D eigenvalue weighted by Gasteiger charge is 2.23. The van der Waals surface area contributed by atoms with E-state index in [4.69, 9.17) is 0 Å². The number of rotatable bonds is 5. The number of benzene rings is 2. The van der Waals surface area contributed by atoms with Gasteiger partial charge in [-0.3, -0.25) is 25.0 Å². The molecular weight excluding hydrogens is 394 g/mol. The molecule has 0 saturated carbocycles. The Bertz CT molecular complexity index is 855. The minimum Gasteiger partial charge on any atom is -0.335 e. The summed E-state index contributed by atoms with van der Waals surface area (Å²) in [6.07, 6.45) is 0. The number of hydrogen-bond donors (Lipinski definition) is 0. The fourth-order valence-electron chi connectivity index (χ4n) is 2.29. The third-order valence-corrected chi connectivity index (χ3v) is 4.53. The molecule has 0 unspecified atom stereocenters. The van der Waals surface area contributed by atoms with E-state index in [0.717, 1.165) is 0 Å². The number of nitrogens with zero attached hydrogens (tertiary/aromatic N) is 3. The lowest BCUT2D eigenvalue weighted by Crippen LogP contribution is -2.29. The summed E-state index contributed by atoms with van der Waals surface area (Å²) in [5.41, 5.74) is 0.484. The summed E-state index contributed by atoms with van der Waals surface area (Å²) in [7, 11) is 1.54.